The van der Waals surface area contributed by atoms with Gasteiger partial charge in [-0.05, 0) is 30.9 Å². The van der Waals surface area contributed by atoms with Crippen molar-refractivity contribution in [1.82, 2.24) is 5.32 Å². The molecule has 3 N–H and O–H groups in total. The maximum Gasteiger partial charge on any atom is 0.303 e. The van der Waals surface area contributed by atoms with E-state index in [4.69, 9.17) is 5.11 Å². The van der Waals surface area contributed by atoms with Crippen LogP contribution in [0.2, 0.25) is 0 Å². The highest BCUT2D eigenvalue weighted by Gasteiger charge is 2.21. The van der Waals surface area contributed by atoms with Gasteiger partial charge in [-0.25, -0.2) is 0 Å². The molecule has 0 aliphatic heterocycles. The number of aliphatic carboxylic acids is 1. The third kappa shape index (κ3) is 6.17. The van der Waals surface area contributed by atoms with Gasteiger partial charge in [0, 0.05) is 12.5 Å². The third-order valence-corrected chi connectivity index (χ3v) is 3.32. The molecule has 4 heteroatoms. The quantitative estimate of drug-likeness (QED) is 0.650. The van der Waals surface area contributed by atoms with Crippen molar-refractivity contribution < 1.29 is 15.0 Å². The maximum absolute atomic E-state index is 10.7. The van der Waals surface area contributed by atoms with Crippen molar-refractivity contribution in [1.29, 1.82) is 0 Å². The predicted octanol–water partition coefficient (Wildman–Crippen LogP) is 2.59. The summed E-state index contributed by atoms with van der Waals surface area (Å²) in [5.74, 6) is -0.252. The van der Waals surface area contributed by atoms with Crippen molar-refractivity contribution >= 4 is 5.97 Å². The number of carbonyl (C=O) groups is 1. The lowest BCUT2D eigenvalue weighted by atomic mass is 9.98. The lowest BCUT2D eigenvalue weighted by molar-refractivity contribution is -0.137. The van der Waals surface area contributed by atoms with Gasteiger partial charge in [0.1, 0.15) is 0 Å². The Morgan fingerprint density at radius 3 is 2.40 bits per heavy atom. The molecule has 4 nitrogen and oxygen atoms in total. The van der Waals surface area contributed by atoms with Crippen LogP contribution in [0, 0.1) is 5.92 Å². The molecule has 0 fully saturated rings. The van der Waals surface area contributed by atoms with Crippen molar-refractivity contribution in [3.63, 3.8) is 0 Å². The fraction of sp³-hybridized carbons (Fsp3) is 0.562. The molecule has 0 spiro atoms. The highest BCUT2D eigenvalue weighted by Crippen LogP contribution is 2.20. The molecule has 0 saturated carbocycles. The van der Waals surface area contributed by atoms with Crippen molar-refractivity contribution in [2.75, 3.05) is 6.54 Å². The van der Waals surface area contributed by atoms with Crippen LogP contribution in [-0.2, 0) is 4.79 Å². The number of aliphatic hydroxyl groups is 1. The Hall–Kier alpha value is -1.39. The van der Waals surface area contributed by atoms with E-state index in [1.54, 1.807) is 0 Å². The first-order valence-corrected chi connectivity index (χ1v) is 7.19. The first-order chi connectivity index (χ1) is 9.50. The van der Waals surface area contributed by atoms with Crippen LogP contribution >= 0.6 is 0 Å². The molecule has 2 unspecified atom stereocenters. The number of aliphatic hydroxyl groups excluding tert-OH is 1. The Balaban J connectivity index is 2.62. The minimum absolute atomic E-state index is 0.0588. The van der Waals surface area contributed by atoms with Gasteiger partial charge in [0.15, 0.2) is 0 Å². The number of benzene rings is 1. The molecule has 0 radical (unpaired) electrons. The second kappa shape index (κ2) is 8.72. The first-order valence-electron chi connectivity index (χ1n) is 7.19. The normalized spacial score (nSPS) is 14.2. The Kier molecular flexibility index (Phi) is 7.26. The molecule has 0 aliphatic rings. The highest BCUT2D eigenvalue weighted by molar-refractivity contribution is 5.66. The topological polar surface area (TPSA) is 69.6 Å². The molecule has 112 valence electrons. The molecule has 1 aromatic rings. The molecule has 1 aromatic carbocycles. The Bertz CT molecular complexity index is 392. The van der Waals surface area contributed by atoms with Crippen LogP contribution in [0.25, 0.3) is 0 Å². The number of carboxylic acids is 1. The second-order valence-corrected chi connectivity index (χ2v) is 5.53. The van der Waals surface area contributed by atoms with Crippen molar-refractivity contribution in [3.8, 4) is 0 Å². The van der Waals surface area contributed by atoms with E-state index in [1.807, 2.05) is 30.3 Å². The average Bonchev–Trinajstić information content (AvgIpc) is 2.42. The minimum atomic E-state index is -0.832. The van der Waals surface area contributed by atoms with E-state index in [1.165, 1.54) is 0 Å². The van der Waals surface area contributed by atoms with Gasteiger partial charge < -0.3 is 15.5 Å². The van der Waals surface area contributed by atoms with Gasteiger partial charge in [0.05, 0.1) is 6.10 Å². The molecule has 0 aromatic heterocycles. The van der Waals surface area contributed by atoms with Crippen LogP contribution in [0.3, 0.4) is 0 Å². The molecule has 2 atom stereocenters. The highest BCUT2D eigenvalue weighted by atomic mass is 16.4. The first kappa shape index (κ1) is 16.7. The van der Waals surface area contributed by atoms with Gasteiger partial charge in [-0.3, -0.25) is 4.79 Å². The maximum atomic E-state index is 10.7. The summed E-state index contributed by atoms with van der Waals surface area (Å²) in [6.07, 6.45) is 0.806. The zero-order chi connectivity index (χ0) is 15.0. The van der Waals surface area contributed by atoms with Gasteiger partial charge in [0.2, 0.25) is 0 Å². The molecule has 0 amide bonds. The van der Waals surface area contributed by atoms with Crippen LogP contribution in [0.5, 0.6) is 0 Å². The van der Waals surface area contributed by atoms with E-state index in [2.05, 4.69) is 19.2 Å². The summed E-state index contributed by atoms with van der Waals surface area (Å²) in [4.78, 5) is 10.7. The van der Waals surface area contributed by atoms with Crippen LogP contribution in [-0.4, -0.2) is 28.8 Å². The van der Waals surface area contributed by atoms with Crippen molar-refractivity contribution in [2.24, 2.45) is 5.92 Å². The molecule has 0 bridgehead atoms. The molecule has 0 heterocycles. The molecular weight excluding hydrogens is 254 g/mol. The van der Waals surface area contributed by atoms with E-state index in [0.29, 0.717) is 12.3 Å². The largest absolute Gasteiger partial charge is 0.481 e. The van der Waals surface area contributed by atoms with Gasteiger partial charge >= 0.3 is 5.97 Å². The van der Waals surface area contributed by atoms with E-state index in [9.17, 15) is 9.90 Å². The van der Waals surface area contributed by atoms with Crippen LogP contribution in [0.1, 0.15) is 44.8 Å². The van der Waals surface area contributed by atoms with Gasteiger partial charge in [-0.2, -0.15) is 0 Å². The summed E-state index contributed by atoms with van der Waals surface area (Å²) in [5.41, 5.74) is 0.819. The third-order valence-electron chi connectivity index (χ3n) is 3.32. The molecule has 0 saturated heterocycles. The molecular formula is C16H25NO3. The number of rotatable bonds is 9. The SMILES string of the molecule is CC(C)CCNC(CCC(=O)O)C(O)c1ccccc1. The monoisotopic (exact) mass is 279 g/mol. The van der Waals surface area contributed by atoms with E-state index < -0.39 is 12.1 Å². The number of hydrogen-bond donors (Lipinski definition) is 3. The van der Waals surface area contributed by atoms with E-state index >= 15 is 0 Å². The average molecular weight is 279 g/mol. The Morgan fingerprint density at radius 2 is 1.85 bits per heavy atom. The molecule has 20 heavy (non-hydrogen) atoms. The lowest BCUT2D eigenvalue weighted by Gasteiger charge is -2.24. The summed E-state index contributed by atoms with van der Waals surface area (Å²) in [6.45, 7) is 5.06. The predicted molar refractivity (Wildman–Crippen MR) is 79.5 cm³/mol. The number of nitrogens with one attached hydrogen (secondary N) is 1. The Morgan fingerprint density at radius 1 is 1.20 bits per heavy atom. The summed E-state index contributed by atoms with van der Waals surface area (Å²) in [6, 6.07) is 9.15. The van der Waals surface area contributed by atoms with Crippen LogP contribution in [0.15, 0.2) is 30.3 Å². The van der Waals surface area contributed by atoms with Gasteiger partial charge in [-0.1, -0.05) is 44.2 Å². The van der Waals surface area contributed by atoms with E-state index in [-0.39, 0.29) is 12.5 Å². The minimum Gasteiger partial charge on any atom is -0.481 e. The van der Waals surface area contributed by atoms with Gasteiger partial charge in [-0.15, -0.1) is 0 Å². The van der Waals surface area contributed by atoms with Crippen LogP contribution < -0.4 is 5.32 Å². The molecule has 1 rings (SSSR count). The fourth-order valence-corrected chi connectivity index (χ4v) is 2.09. The summed E-state index contributed by atoms with van der Waals surface area (Å²) in [7, 11) is 0. The summed E-state index contributed by atoms with van der Waals surface area (Å²) in [5, 5.41) is 22.5. The van der Waals surface area contributed by atoms with E-state index in [0.717, 1.165) is 18.5 Å². The second-order valence-electron chi connectivity index (χ2n) is 5.53. The lowest BCUT2D eigenvalue weighted by Crippen LogP contribution is -2.36. The molecule has 0 aliphatic carbocycles. The van der Waals surface area contributed by atoms with Crippen molar-refractivity contribution in [3.05, 3.63) is 35.9 Å². The summed E-state index contributed by atoms with van der Waals surface area (Å²) < 4.78 is 0. The zero-order valence-corrected chi connectivity index (χ0v) is 12.2. The Labute approximate surface area is 120 Å². The van der Waals surface area contributed by atoms with Crippen molar-refractivity contribution in [2.45, 2.75) is 45.3 Å². The smallest absolute Gasteiger partial charge is 0.303 e. The summed E-state index contributed by atoms with van der Waals surface area (Å²) >= 11 is 0. The number of hydrogen-bond acceptors (Lipinski definition) is 3. The van der Waals surface area contributed by atoms with Crippen LogP contribution in [0.4, 0.5) is 0 Å². The fourth-order valence-electron chi connectivity index (χ4n) is 2.09. The van der Waals surface area contributed by atoms with Gasteiger partial charge in [0.25, 0.3) is 0 Å². The number of carboxylic acid groups (broad SMARTS) is 1. The zero-order valence-electron chi connectivity index (χ0n) is 12.2. The standard InChI is InChI=1S/C16H25NO3/c1-12(2)10-11-17-14(8-9-15(18)19)16(20)13-6-4-3-5-7-13/h3-7,12,14,16-17,20H,8-11H2,1-2H3,(H,18,19).